The van der Waals surface area contributed by atoms with Gasteiger partial charge in [-0.25, -0.2) is 0 Å². The SMILES string of the molecule is CC1(C)C=CC2=C(C=C1)C(C)(C)c1ccc3oc4ccccc4c3c12. The molecule has 0 unspecified atom stereocenters. The maximum atomic E-state index is 6.13. The zero-order chi connectivity index (χ0) is 17.4. The van der Waals surface area contributed by atoms with Crippen LogP contribution in [0.3, 0.4) is 0 Å². The molecule has 1 heterocycles. The summed E-state index contributed by atoms with van der Waals surface area (Å²) >= 11 is 0. The van der Waals surface area contributed by atoms with E-state index in [2.05, 4.69) is 82.3 Å². The van der Waals surface area contributed by atoms with Crippen LogP contribution in [0.4, 0.5) is 0 Å². The smallest absolute Gasteiger partial charge is 0.136 e. The zero-order valence-corrected chi connectivity index (χ0v) is 15.2. The van der Waals surface area contributed by atoms with E-state index in [4.69, 9.17) is 4.42 Å². The molecular formula is C24H22O. The fraction of sp³-hybridized carbons (Fsp3) is 0.250. The summed E-state index contributed by atoms with van der Waals surface area (Å²) in [4.78, 5) is 0. The van der Waals surface area contributed by atoms with E-state index in [-0.39, 0.29) is 10.8 Å². The second-order valence-corrected chi connectivity index (χ2v) is 8.40. The summed E-state index contributed by atoms with van der Waals surface area (Å²) in [6.07, 6.45) is 9.30. The van der Waals surface area contributed by atoms with Crippen LogP contribution >= 0.6 is 0 Å². The molecule has 1 heteroatoms. The molecule has 5 rings (SSSR count). The molecule has 2 aliphatic rings. The van der Waals surface area contributed by atoms with Crippen LogP contribution in [0, 0.1) is 5.41 Å². The first-order valence-electron chi connectivity index (χ1n) is 8.97. The number of benzene rings is 2. The van der Waals surface area contributed by atoms with Crippen LogP contribution in [0.25, 0.3) is 27.5 Å². The van der Waals surface area contributed by atoms with Crippen LogP contribution in [0.1, 0.15) is 38.8 Å². The third-order valence-electron chi connectivity index (χ3n) is 5.81. The van der Waals surface area contributed by atoms with Crippen LogP contribution in [-0.2, 0) is 5.41 Å². The lowest BCUT2D eigenvalue weighted by molar-refractivity contribution is 0.619. The molecule has 1 aromatic heterocycles. The van der Waals surface area contributed by atoms with Gasteiger partial charge in [-0.1, -0.05) is 76.3 Å². The number of hydrogen-bond acceptors (Lipinski definition) is 1. The molecular weight excluding hydrogens is 304 g/mol. The summed E-state index contributed by atoms with van der Waals surface area (Å²) in [5.41, 5.74) is 7.51. The molecule has 3 aromatic rings. The van der Waals surface area contributed by atoms with Crippen molar-refractivity contribution in [2.24, 2.45) is 5.41 Å². The van der Waals surface area contributed by atoms with Gasteiger partial charge in [0, 0.05) is 21.6 Å². The normalized spacial score (nSPS) is 20.2. The lowest BCUT2D eigenvalue weighted by Crippen LogP contribution is -2.16. The van der Waals surface area contributed by atoms with Gasteiger partial charge in [0.05, 0.1) is 0 Å². The van der Waals surface area contributed by atoms with Crippen molar-refractivity contribution in [2.75, 3.05) is 0 Å². The van der Waals surface area contributed by atoms with E-state index in [9.17, 15) is 0 Å². The van der Waals surface area contributed by atoms with E-state index in [1.807, 2.05) is 6.07 Å². The lowest BCUT2D eigenvalue weighted by Gasteiger charge is -2.23. The average molecular weight is 326 g/mol. The highest BCUT2D eigenvalue weighted by Crippen LogP contribution is 2.52. The van der Waals surface area contributed by atoms with Gasteiger partial charge in [-0.3, -0.25) is 0 Å². The van der Waals surface area contributed by atoms with Gasteiger partial charge in [0.2, 0.25) is 0 Å². The fourth-order valence-corrected chi connectivity index (χ4v) is 4.36. The van der Waals surface area contributed by atoms with Crippen LogP contribution < -0.4 is 0 Å². The van der Waals surface area contributed by atoms with Gasteiger partial charge >= 0.3 is 0 Å². The van der Waals surface area contributed by atoms with Crippen LogP contribution in [0.5, 0.6) is 0 Å². The second kappa shape index (κ2) is 4.54. The Morgan fingerprint density at radius 2 is 1.56 bits per heavy atom. The second-order valence-electron chi connectivity index (χ2n) is 8.40. The molecule has 1 nitrogen and oxygen atoms in total. The van der Waals surface area contributed by atoms with E-state index < -0.39 is 0 Å². The number of para-hydroxylation sites is 1. The average Bonchev–Trinajstić information content (AvgIpc) is 2.97. The van der Waals surface area contributed by atoms with Gasteiger partial charge in [-0.2, -0.15) is 0 Å². The van der Waals surface area contributed by atoms with Crippen molar-refractivity contribution in [1.82, 2.24) is 0 Å². The van der Waals surface area contributed by atoms with Crippen molar-refractivity contribution >= 4 is 27.5 Å². The topological polar surface area (TPSA) is 13.1 Å². The summed E-state index contributed by atoms with van der Waals surface area (Å²) in [6, 6.07) is 12.8. The maximum Gasteiger partial charge on any atom is 0.136 e. The first-order chi connectivity index (χ1) is 11.9. The van der Waals surface area contributed by atoms with Crippen LogP contribution in [-0.4, -0.2) is 0 Å². The molecule has 0 atom stereocenters. The predicted molar refractivity (Wildman–Crippen MR) is 106 cm³/mol. The van der Waals surface area contributed by atoms with Gasteiger partial charge < -0.3 is 4.42 Å². The molecule has 0 amide bonds. The fourth-order valence-electron chi connectivity index (χ4n) is 4.36. The molecule has 124 valence electrons. The Morgan fingerprint density at radius 3 is 2.40 bits per heavy atom. The number of fused-ring (bicyclic) bond motifs is 6. The molecule has 0 aliphatic heterocycles. The Balaban J connectivity index is 1.94. The third kappa shape index (κ3) is 1.90. The minimum absolute atomic E-state index is 0.00150. The van der Waals surface area contributed by atoms with Gasteiger partial charge in [0.1, 0.15) is 11.2 Å². The number of furan rings is 1. The van der Waals surface area contributed by atoms with E-state index in [1.54, 1.807) is 0 Å². The minimum atomic E-state index is -0.00150. The Kier molecular flexibility index (Phi) is 2.69. The standard InChI is InChI=1S/C24H22O/c1-23(2)13-11-15-17(12-14-23)24(3,4)18-9-10-20-22(21(15)18)16-7-5-6-8-19(16)25-20/h5-14H,1-4H3. The van der Waals surface area contributed by atoms with Crippen molar-refractivity contribution in [3.05, 3.63) is 77.4 Å². The molecule has 0 saturated carbocycles. The van der Waals surface area contributed by atoms with E-state index in [0.29, 0.717) is 0 Å². The molecule has 2 aliphatic carbocycles. The third-order valence-corrected chi connectivity index (χ3v) is 5.81. The van der Waals surface area contributed by atoms with Crippen LogP contribution in [0.15, 0.2) is 70.7 Å². The summed E-state index contributed by atoms with van der Waals surface area (Å²) in [5, 5.41) is 2.46. The highest BCUT2D eigenvalue weighted by Gasteiger charge is 2.38. The van der Waals surface area contributed by atoms with Gasteiger partial charge in [-0.15, -0.1) is 0 Å². The first-order valence-corrected chi connectivity index (χ1v) is 8.97. The Morgan fingerprint density at radius 1 is 0.800 bits per heavy atom. The Bertz CT molecular complexity index is 1130. The number of allylic oxidation sites excluding steroid dienone is 6. The van der Waals surface area contributed by atoms with E-state index in [0.717, 1.165) is 11.2 Å². The quantitative estimate of drug-likeness (QED) is 0.443. The molecule has 25 heavy (non-hydrogen) atoms. The predicted octanol–water partition coefficient (Wildman–Crippen LogP) is 6.78. The molecule has 0 spiro atoms. The highest BCUT2D eigenvalue weighted by molar-refractivity contribution is 6.13. The Labute approximate surface area is 148 Å². The van der Waals surface area contributed by atoms with E-state index >= 15 is 0 Å². The molecule has 0 bridgehead atoms. The molecule has 0 saturated heterocycles. The summed E-state index contributed by atoms with van der Waals surface area (Å²) in [5.74, 6) is 0. The van der Waals surface area contributed by atoms with Crippen molar-refractivity contribution in [3.8, 4) is 0 Å². The summed E-state index contributed by atoms with van der Waals surface area (Å²) in [7, 11) is 0. The van der Waals surface area contributed by atoms with Gasteiger partial charge in [0.15, 0.2) is 0 Å². The highest BCUT2D eigenvalue weighted by atomic mass is 16.3. The van der Waals surface area contributed by atoms with Crippen molar-refractivity contribution in [2.45, 2.75) is 33.1 Å². The van der Waals surface area contributed by atoms with Crippen LogP contribution in [0.2, 0.25) is 0 Å². The summed E-state index contributed by atoms with van der Waals surface area (Å²) < 4.78 is 6.13. The van der Waals surface area contributed by atoms with Gasteiger partial charge in [0.25, 0.3) is 0 Å². The molecule has 0 radical (unpaired) electrons. The summed E-state index contributed by atoms with van der Waals surface area (Å²) in [6.45, 7) is 9.17. The molecule has 2 aromatic carbocycles. The van der Waals surface area contributed by atoms with Gasteiger partial charge in [-0.05, 0) is 34.4 Å². The van der Waals surface area contributed by atoms with Crippen molar-refractivity contribution in [3.63, 3.8) is 0 Å². The molecule has 0 N–H and O–H groups in total. The molecule has 0 fully saturated rings. The lowest BCUT2D eigenvalue weighted by atomic mass is 9.80. The Hall–Kier alpha value is -2.54. The largest absolute Gasteiger partial charge is 0.456 e. The minimum Gasteiger partial charge on any atom is -0.456 e. The first kappa shape index (κ1) is 14.8. The monoisotopic (exact) mass is 326 g/mol. The number of hydrogen-bond donors (Lipinski definition) is 0. The number of rotatable bonds is 0. The van der Waals surface area contributed by atoms with Crippen molar-refractivity contribution in [1.29, 1.82) is 0 Å². The maximum absolute atomic E-state index is 6.13. The van der Waals surface area contributed by atoms with Crippen molar-refractivity contribution < 1.29 is 4.42 Å². The zero-order valence-electron chi connectivity index (χ0n) is 15.2. The van der Waals surface area contributed by atoms with E-state index in [1.165, 1.54) is 33.0 Å².